The summed E-state index contributed by atoms with van der Waals surface area (Å²) in [6, 6.07) is 66.7. The average Bonchev–Trinajstić information content (AvgIpc) is 0.763. The number of hydrogen-bond donors (Lipinski definition) is 12. The zero-order valence-electron chi connectivity index (χ0n) is 88.7. The van der Waals surface area contributed by atoms with E-state index in [1.54, 1.807) is 121 Å². The first-order valence-corrected chi connectivity index (χ1v) is 56.8. The normalized spacial score (nSPS) is 11.8. The van der Waals surface area contributed by atoms with Crippen LogP contribution in [0.25, 0.3) is 43.1 Å². The molecular formula is C122H154Cl2N6O18S2. The summed E-state index contributed by atoms with van der Waals surface area (Å²) in [6.45, 7) is 23.1. The van der Waals surface area contributed by atoms with E-state index in [4.69, 9.17) is 42.1 Å². The number of sulfonamides is 2. The average molecular weight is 2130 g/mol. The molecular weight excluding hydrogens is 1970 g/mol. The number of rotatable bonds is 55. The van der Waals surface area contributed by atoms with Crippen molar-refractivity contribution >= 4 is 127 Å². The molecule has 0 aliphatic rings. The van der Waals surface area contributed by atoms with Gasteiger partial charge in [0.25, 0.3) is 27.7 Å². The summed E-state index contributed by atoms with van der Waals surface area (Å²) >= 11 is 12.0. The number of para-hydroxylation sites is 1. The van der Waals surface area contributed by atoms with Crippen molar-refractivity contribution in [2.45, 2.75) is 266 Å². The first kappa shape index (κ1) is 121. The van der Waals surface area contributed by atoms with Gasteiger partial charge in [-0.05, 0) is 198 Å². The topological polar surface area (TPSA) is 367 Å². The molecule has 2 atom stereocenters. The van der Waals surface area contributed by atoms with Crippen molar-refractivity contribution in [2.24, 2.45) is 0 Å². The maximum atomic E-state index is 13.0. The third-order valence-corrected chi connectivity index (χ3v) is 29.3. The Hall–Kier alpha value is -12.7. The van der Waals surface area contributed by atoms with Crippen LogP contribution in [-0.2, 0) is 35.3 Å². The fourth-order valence-corrected chi connectivity index (χ4v) is 20.3. The van der Waals surface area contributed by atoms with Crippen LogP contribution < -0.4 is 44.9 Å². The molecule has 13 aromatic carbocycles. The zero-order valence-corrected chi connectivity index (χ0v) is 91.8. The quantitative estimate of drug-likeness (QED) is 0.00729. The van der Waals surface area contributed by atoms with E-state index in [2.05, 4.69) is 57.5 Å². The molecule has 806 valence electrons. The fraction of sp³-hybridized carbons (Fsp3) is 0.393. The third-order valence-electron chi connectivity index (χ3n) is 26.0. The van der Waals surface area contributed by atoms with Gasteiger partial charge in [0.1, 0.15) is 46.9 Å². The molecule has 0 saturated carbocycles. The Bertz CT molecular complexity index is 6730. The van der Waals surface area contributed by atoms with E-state index in [1.165, 1.54) is 146 Å². The van der Waals surface area contributed by atoms with E-state index in [9.17, 15) is 66.7 Å². The van der Waals surface area contributed by atoms with E-state index in [1.807, 2.05) is 133 Å². The number of phenolic OH excluding ortho intramolecular Hbond substituents is 5. The number of ether oxygens (including phenoxy) is 4. The summed E-state index contributed by atoms with van der Waals surface area (Å²) in [5.74, 6) is 0.710. The van der Waals surface area contributed by atoms with E-state index >= 15 is 0 Å². The van der Waals surface area contributed by atoms with Crippen molar-refractivity contribution in [1.29, 1.82) is 0 Å². The predicted molar refractivity (Wildman–Crippen MR) is 612 cm³/mol. The minimum absolute atomic E-state index is 0.0313. The minimum Gasteiger partial charge on any atom is -0.507 e. The van der Waals surface area contributed by atoms with Gasteiger partial charge in [-0.15, -0.1) is 0 Å². The second-order valence-corrected chi connectivity index (χ2v) is 42.5. The van der Waals surface area contributed by atoms with Gasteiger partial charge in [0.05, 0.1) is 55.5 Å². The number of aldehydes is 1. The molecule has 0 heterocycles. The molecule has 12 N–H and O–H groups in total. The maximum absolute atomic E-state index is 13.0. The number of aryl methyl sites for hydroxylation is 6. The number of amides is 3. The first-order valence-electron chi connectivity index (χ1n) is 52.9. The lowest BCUT2D eigenvalue weighted by molar-refractivity contribution is -0.122. The number of unbranched alkanes of at least 4 members (excludes halogenated alkanes) is 23. The van der Waals surface area contributed by atoms with E-state index in [0.29, 0.717) is 118 Å². The number of carbonyl (C=O) groups excluding carboxylic acids is 4. The summed E-state index contributed by atoms with van der Waals surface area (Å²) in [5.41, 5.74) is 6.64. The van der Waals surface area contributed by atoms with Crippen LogP contribution in [0.3, 0.4) is 0 Å². The van der Waals surface area contributed by atoms with Crippen LogP contribution in [0.1, 0.15) is 277 Å². The van der Waals surface area contributed by atoms with E-state index in [-0.39, 0.29) is 85.6 Å². The fourth-order valence-electron chi connectivity index (χ4n) is 17.5. The molecule has 150 heavy (non-hydrogen) atoms. The lowest BCUT2D eigenvalue weighted by Gasteiger charge is -2.30. The number of fused-ring (bicyclic) bond motifs is 4. The smallest absolute Gasteiger partial charge is 0.265 e. The highest BCUT2D eigenvalue weighted by atomic mass is 35.5. The van der Waals surface area contributed by atoms with Crippen molar-refractivity contribution in [3.05, 3.63) is 296 Å². The van der Waals surface area contributed by atoms with Crippen LogP contribution in [0.2, 0.25) is 10.0 Å². The summed E-state index contributed by atoms with van der Waals surface area (Å²) in [4.78, 5) is 48.5. The molecule has 2 unspecified atom stereocenters. The Morgan fingerprint density at radius 2 is 0.893 bits per heavy atom. The van der Waals surface area contributed by atoms with Crippen molar-refractivity contribution in [1.82, 2.24) is 16.0 Å². The van der Waals surface area contributed by atoms with Gasteiger partial charge in [-0.25, -0.2) is 16.8 Å². The highest BCUT2D eigenvalue weighted by Crippen LogP contribution is 2.42. The Labute approximate surface area is 897 Å². The van der Waals surface area contributed by atoms with Gasteiger partial charge in [0.15, 0.2) is 23.9 Å². The number of phenols is 5. The van der Waals surface area contributed by atoms with Crippen molar-refractivity contribution in [3.63, 3.8) is 0 Å². The van der Waals surface area contributed by atoms with Gasteiger partial charge < -0.3 is 65.5 Å². The molecule has 0 radical (unpaired) electrons. The van der Waals surface area contributed by atoms with Gasteiger partial charge in [0, 0.05) is 64.4 Å². The molecule has 0 aliphatic carbocycles. The molecule has 0 aromatic heterocycles. The molecule has 0 bridgehead atoms. The van der Waals surface area contributed by atoms with Gasteiger partial charge in [-0.2, -0.15) is 0 Å². The van der Waals surface area contributed by atoms with E-state index in [0.717, 1.165) is 101 Å². The number of hydrogen-bond acceptors (Lipinski definition) is 19. The van der Waals surface area contributed by atoms with E-state index < -0.39 is 31.9 Å². The molecule has 13 rings (SSSR count). The number of nitrogens with one attached hydrogen (secondary N) is 6. The van der Waals surface area contributed by atoms with Crippen LogP contribution in [0.4, 0.5) is 17.1 Å². The van der Waals surface area contributed by atoms with Crippen LogP contribution >= 0.6 is 23.2 Å². The predicted octanol–water partition coefficient (Wildman–Crippen LogP) is 28.8. The number of anilines is 3. The number of aliphatic hydroxyl groups is 1. The van der Waals surface area contributed by atoms with Gasteiger partial charge in [-0.3, -0.25) is 33.9 Å². The molecule has 13 aromatic rings. The van der Waals surface area contributed by atoms with Crippen LogP contribution in [-0.4, -0.2) is 129 Å². The Morgan fingerprint density at radius 1 is 0.400 bits per heavy atom. The van der Waals surface area contributed by atoms with Crippen molar-refractivity contribution in [3.8, 4) is 46.0 Å². The largest absolute Gasteiger partial charge is 0.507 e. The Morgan fingerprint density at radius 3 is 1.49 bits per heavy atom. The zero-order chi connectivity index (χ0) is 108. The SMILES string of the molecule is CCC(Oc1ccc(C)cc1Cl)C(=O)Nc1cccc(Cl)c1O.CCCCCCCCCCCCCCCCS(=O)(=O)Nc1cccc2ccc(C(=O)NCCCOCCCCCCCCCCCC)c(O)c12.CCNC(O)(COc1ccc(C)cc1C)c1ccc2c(NS(=O)(=O)c3ccccc3)cccc2c1O.Cc1ccc(OCCCCNC(=O)c2ccc3ccccc3c2O)c(C)c1.Cc1ccc2c(C=O)cccc2c1O. The lowest BCUT2D eigenvalue weighted by Crippen LogP contribution is -2.47. The van der Waals surface area contributed by atoms with Gasteiger partial charge in [-0.1, -0.05) is 361 Å². The van der Waals surface area contributed by atoms with Gasteiger partial charge >= 0.3 is 0 Å². The molecule has 24 nitrogen and oxygen atoms in total. The van der Waals surface area contributed by atoms with Crippen LogP contribution in [0, 0.1) is 41.5 Å². The van der Waals surface area contributed by atoms with Crippen molar-refractivity contribution in [2.75, 3.05) is 66.6 Å². The molecule has 3 amide bonds. The Balaban J connectivity index is 0.000000219. The van der Waals surface area contributed by atoms with Crippen LogP contribution in [0.15, 0.2) is 235 Å². The summed E-state index contributed by atoms with van der Waals surface area (Å²) in [7, 11) is -7.43. The number of aromatic hydroxyl groups is 5. The second kappa shape index (κ2) is 63.5. The number of benzene rings is 13. The summed E-state index contributed by atoms with van der Waals surface area (Å²) in [5, 5.41) is 80.8. The highest BCUT2D eigenvalue weighted by Gasteiger charge is 2.34. The molecule has 0 fully saturated rings. The highest BCUT2D eigenvalue weighted by molar-refractivity contribution is 7.93. The third kappa shape index (κ3) is 38.4. The first-order chi connectivity index (χ1) is 72.2. The molecule has 28 heteroatoms. The lowest BCUT2D eigenvalue weighted by atomic mass is 9.97. The number of likely N-dealkylation sites (N-methyl/N-ethyl adjacent to an activating group) is 1. The number of halogens is 2. The monoisotopic (exact) mass is 2130 g/mol. The second-order valence-electron chi connectivity index (χ2n) is 38.1. The number of carbonyl (C=O) groups is 4. The molecule has 0 aliphatic heterocycles. The standard InChI is InChI=1S/C42H72N2O5S.C28H30N2O5S.C23H25NO3.C17H17Cl2NO3.C12H10O2/c1-3-5-7-9-11-13-15-16-17-18-20-22-24-26-36-50(47,48)44-39-30-27-29-37-31-32-38(41(45)40(37)39)42(46)43-33-28-35-49-34-25-23-21-19-14-12-10-8-6-4-2;1-4-29-28(32,18-35-26-16-13-19(2)17-20(26)3)24-15-14-22-23(27(24)31)11-8-12-25(22)30-36(33,34)21-9-6-5-7-10-21;1-16-9-12-21(17(2)15-16)27-14-6-5-13-24-23(26)20-11-10-18-7-3-4-8-19(18)22(20)25;1-3-14(23-15-8-7-10(2)9-12(15)19)17(22)20-13-6-4-5-11(18)16(13)21;1-8-5-6-10-9(7-13)3-2-4-11(10)12(8)14/h27,29-32,44-45H,3-26,28,33-36H2,1-2H3,(H,43,46);5-17,29-32H,4,18H2,1-3H3;3-4,7-12,15,25H,5-6,13-14H2,1-2H3,(H,24,26);4-9,14,21H,3H2,1-2H3,(H,20,22);2-7,14H,1H3. The maximum Gasteiger partial charge on any atom is 0.265 e. The Kier molecular flexibility index (Phi) is 51.1. The van der Waals surface area contributed by atoms with Crippen LogP contribution in [0.5, 0.6) is 46.0 Å². The summed E-state index contributed by atoms with van der Waals surface area (Å²) < 4.78 is 80.2. The van der Waals surface area contributed by atoms with Gasteiger partial charge in [0.2, 0.25) is 10.0 Å². The minimum atomic E-state index is -3.82. The summed E-state index contributed by atoms with van der Waals surface area (Å²) in [6.07, 6.45) is 32.7. The molecule has 0 spiro atoms. The molecule has 0 saturated heterocycles. The van der Waals surface area contributed by atoms with Crippen molar-refractivity contribution < 1.29 is 85.6 Å².